The fourth-order valence-corrected chi connectivity index (χ4v) is 2.50. The van der Waals surface area contributed by atoms with E-state index in [1.807, 2.05) is 0 Å². The molecule has 0 aromatic heterocycles. The number of amides is 1. The summed E-state index contributed by atoms with van der Waals surface area (Å²) in [4.78, 5) is 13.8. The zero-order valence-corrected chi connectivity index (χ0v) is 14.8. The maximum Gasteiger partial charge on any atom is 0.222 e. The van der Waals surface area contributed by atoms with Crippen molar-refractivity contribution in [3.05, 3.63) is 28.2 Å². The first-order chi connectivity index (χ1) is 11.1. The Morgan fingerprint density at radius 1 is 1.22 bits per heavy atom. The molecule has 0 unspecified atom stereocenters. The molecular formula is C16H23Cl2NO4. The van der Waals surface area contributed by atoms with Crippen molar-refractivity contribution in [1.82, 2.24) is 4.90 Å². The molecule has 0 aliphatic rings. The van der Waals surface area contributed by atoms with E-state index in [-0.39, 0.29) is 12.5 Å². The van der Waals surface area contributed by atoms with Crippen molar-refractivity contribution in [1.29, 1.82) is 0 Å². The number of benzene rings is 1. The summed E-state index contributed by atoms with van der Waals surface area (Å²) in [6.07, 6.45) is 1.68. The van der Waals surface area contributed by atoms with Crippen LogP contribution in [0.15, 0.2) is 18.2 Å². The molecule has 1 rings (SSSR count). The number of hydrogen-bond donors (Lipinski definition) is 1. The fraction of sp³-hybridized carbons (Fsp3) is 0.562. The highest BCUT2D eigenvalue weighted by atomic mass is 35.5. The van der Waals surface area contributed by atoms with Gasteiger partial charge in [-0.15, -0.1) is 0 Å². The average Bonchev–Trinajstić information content (AvgIpc) is 2.52. The summed E-state index contributed by atoms with van der Waals surface area (Å²) in [6, 6.07) is 5.02. The number of halogens is 2. The number of carbonyl (C=O) groups is 1. The minimum Gasteiger partial charge on any atom is -0.492 e. The third-order valence-electron chi connectivity index (χ3n) is 3.19. The minimum atomic E-state index is -0.0460. The molecule has 23 heavy (non-hydrogen) atoms. The topological polar surface area (TPSA) is 59.0 Å². The highest BCUT2D eigenvalue weighted by Crippen LogP contribution is 2.27. The molecule has 0 heterocycles. The molecule has 0 saturated heterocycles. The monoisotopic (exact) mass is 363 g/mol. The predicted octanol–water partition coefficient (Wildman–Crippen LogP) is 3.01. The largest absolute Gasteiger partial charge is 0.492 e. The second-order valence-corrected chi connectivity index (χ2v) is 5.82. The highest BCUT2D eigenvalue weighted by Gasteiger charge is 2.12. The van der Waals surface area contributed by atoms with Gasteiger partial charge in [-0.25, -0.2) is 0 Å². The van der Waals surface area contributed by atoms with Gasteiger partial charge in [-0.05, 0) is 31.0 Å². The quantitative estimate of drug-likeness (QED) is 0.614. The van der Waals surface area contributed by atoms with Crippen LogP contribution in [0.3, 0.4) is 0 Å². The van der Waals surface area contributed by atoms with Crippen molar-refractivity contribution in [2.75, 3.05) is 40.0 Å². The number of carbonyl (C=O) groups excluding carboxylic acids is 1. The summed E-state index contributed by atoms with van der Waals surface area (Å²) < 4.78 is 10.5. The molecular weight excluding hydrogens is 341 g/mol. The second kappa shape index (κ2) is 11.5. The number of nitrogens with zero attached hydrogens (tertiary/aromatic N) is 1. The van der Waals surface area contributed by atoms with E-state index in [2.05, 4.69) is 0 Å². The van der Waals surface area contributed by atoms with E-state index < -0.39 is 0 Å². The van der Waals surface area contributed by atoms with Crippen LogP contribution in [0.4, 0.5) is 0 Å². The Kier molecular flexibility index (Phi) is 10.0. The highest BCUT2D eigenvalue weighted by molar-refractivity contribution is 6.35. The SMILES string of the molecule is COCCCN(CCO)C(=O)CCCOc1ccc(Cl)cc1Cl. The fourth-order valence-electron chi connectivity index (χ4n) is 2.04. The maximum atomic E-state index is 12.1. The van der Waals surface area contributed by atoms with Crippen LogP contribution < -0.4 is 4.74 Å². The molecule has 0 fully saturated rings. The van der Waals surface area contributed by atoms with E-state index in [0.29, 0.717) is 54.9 Å². The zero-order chi connectivity index (χ0) is 17.1. The van der Waals surface area contributed by atoms with E-state index in [9.17, 15) is 4.79 Å². The molecule has 0 aliphatic carbocycles. The van der Waals surface area contributed by atoms with Crippen molar-refractivity contribution in [3.8, 4) is 5.75 Å². The normalized spacial score (nSPS) is 10.6. The summed E-state index contributed by atoms with van der Waals surface area (Å²) in [5.41, 5.74) is 0. The average molecular weight is 364 g/mol. The lowest BCUT2D eigenvalue weighted by molar-refractivity contribution is -0.132. The lowest BCUT2D eigenvalue weighted by Crippen LogP contribution is -2.35. The minimum absolute atomic E-state index is 0.000885. The van der Waals surface area contributed by atoms with Gasteiger partial charge >= 0.3 is 0 Å². The Hall–Kier alpha value is -1.01. The van der Waals surface area contributed by atoms with Gasteiger partial charge in [0.05, 0.1) is 18.2 Å². The standard InChI is InChI=1S/C16H23Cl2NO4/c1-22-10-3-7-19(8-9-20)16(21)4-2-11-23-15-6-5-13(17)12-14(15)18/h5-6,12,20H,2-4,7-11H2,1H3. The Balaban J connectivity index is 2.33. The molecule has 5 nitrogen and oxygen atoms in total. The molecule has 1 aromatic rings. The van der Waals surface area contributed by atoms with Crippen LogP contribution in [-0.2, 0) is 9.53 Å². The van der Waals surface area contributed by atoms with Crippen molar-refractivity contribution in [3.63, 3.8) is 0 Å². The molecule has 1 amide bonds. The summed E-state index contributed by atoms with van der Waals surface area (Å²) in [6.45, 7) is 1.85. The summed E-state index contributed by atoms with van der Waals surface area (Å²) in [7, 11) is 1.62. The Labute approximate surface area is 147 Å². The number of aliphatic hydroxyl groups excluding tert-OH is 1. The van der Waals surface area contributed by atoms with Gasteiger partial charge < -0.3 is 19.5 Å². The molecule has 1 aromatic carbocycles. The third kappa shape index (κ3) is 7.88. The molecule has 0 aliphatic heterocycles. The van der Waals surface area contributed by atoms with Crippen molar-refractivity contribution < 1.29 is 19.4 Å². The van der Waals surface area contributed by atoms with Crippen molar-refractivity contribution in [2.24, 2.45) is 0 Å². The Morgan fingerprint density at radius 2 is 2.00 bits per heavy atom. The smallest absolute Gasteiger partial charge is 0.222 e. The lowest BCUT2D eigenvalue weighted by Gasteiger charge is -2.21. The zero-order valence-electron chi connectivity index (χ0n) is 13.3. The summed E-state index contributed by atoms with van der Waals surface area (Å²) in [5.74, 6) is 0.553. The van der Waals surface area contributed by atoms with Crippen LogP contribution in [0.25, 0.3) is 0 Å². The molecule has 0 radical (unpaired) electrons. The van der Waals surface area contributed by atoms with Gasteiger partial charge in [0.15, 0.2) is 0 Å². The number of rotatable bonds is 11. The third-order valence-corrected chi connectivity index (χ3v) is 3.72. The number of aliphatic hydroxyl groups is 1. The van der Waals surface area contributed by atoms with Gasteiger partial charge in [0.25, 0.3) is 0 Å². The molecule has 0 spiro atoms. The van der Waals surface area contributed by atoms with Gasteiger partial charge in [0.2, 0.25) is 5.91 Å². The maximum absolute atomic E-state index is 12.1. The Morgan fingerprint density at radius 3 is 2.65 bits per heavy atom. The van der Waals surface area contributed by atoms with Crippen LogP contribution in [0.1, 0.15) is 19.3 Å². The first-order valence-corrected chi connectivity index (χ1v) is 8.29. The number of ether oxygens (including phenoxy) is 2. The van der Waals surface area contributed by atoms with Crippen LogP contribution in [0.5, 0.6) is 5.75 Å². The van der Waals surface area contributed by atoms with Gasteiger partial charge in [-0.2, -0.15) is 0 Å². The van der Waals surface area contributed by atoms with E-state index in [4.69, 9.17) is 37.8 Å². The van der Waals surface area contributed by atoms with Gasteiger partial charge in [-0.3, -0.25) is 4.79 Å². The molecule has 0 atom stereocenters. The lowest BCUT2D eigenvalue weighted by atomic mass is 10.2. The van der Waals surface area contributed by atoms with Crippen LogP contribution in [0.2, 0.25) is 10.0 Å². The van der Waals surface area contributed by atoms with E-state index in [1.165, 1.54) is 0 Å². The van der Waals surface area contributed by atoms with Crippen molar-refractivity contribution in [2.45, 2.75) is 19.3 Å². The molecule has 130 valence electrons. The van der Waals surface area contributed by atoms with E-state index in [1.54, 1.807) is 30.2 Å². The van der Waals surface area contributed by atoms with Crippen LogP contribution >= 0.6 is 23.2 Å². The van der Waals surface area contributed by atoms with Gasteiger partial charge in [-0.1, -0.05) is 23.2 Å². The molecule has 1 N–H and O–H groups in total. The first kappa shape index (κ1) is 20.0. The summed E-state index contributed by atoms with van der Waals surface area (Å²) >= 11 is 11.8. The number of hydrogen-bond acceptors (Lipinski definition) is 4. The van der Waals surface area contributed by atoms with Crippen molar-refractivity contribution >= 4 is 29.1 Å². The van der Waals surface area contributed by atoms with Crippen LogP contribution in [0, 0.1) is 0 Å². The second-order valence-electron chi connectivity index (χ2n) is 4.98. The number of methoxy groups -OCH3 is 1. The predicted molar refractivity (Wildman–Crippen MR) is 91.3 cm³/mol. The van der Waals surface area contributed by atoms with Gasteiger partial charge in [0, 0.05) is 38.2 Å². The Bertz CT molecular complexity index is 485. The van der Waals surface area contributed by atoms with E-state index >= 15 is 0 Å². The van der Waals surface area contributed by atoms with Gasteiger partial charge in [0.1, 0.15) is 5.75 Å². The van der Waals surface area contributed by atoms with Crippen LogP contribution in [-0.4, -0.2) is 55.9 Å². The molecule has 0 bridgehead atoms. The summed E-state index contributed by atoms with van der Waals surface area (Å²) in [5, 5.41) is 10.0. The first-order valence-electron chi connectivity index (χ1n) is 7.54. The molecule has 7 heteroatoms. The molecule has 0 saturated carbocycles. The van der Waals surface area contributed by atoms with E-state index in [0.717, 1.165) is 6.42 Å².